The van der Waals surface area contributed by atoms with E-state index < -0.39 is 10.8 Å². The van der Waals surface area contributed by atoms with E-state index in [2.05, 4.69) is 10.6 Å². The van der Waals surface area contributed by atoms with Crippen molar-refractivity contribution in [2.24, 2.45) is 0 Å². The summed E-state index contributed by atoms with van der Waals surface area (Å²) in [5.74, 6) is -0.699. The van der Waals surface area contributed by atoms with Gasteiger partial charge in [-0.05, 0) is 30.7 Å². The first kappa shape index (κ1) is 19.3. The number of carbonyl (C=O) groups excluding carboxylic acids is 1. The summed E-state index contributed by atoms with van der Waals surface area (Å²) in [6.45, 7) is 1.83. The topological polar surface area (TPSA) is 138 Å². The summed E-state index contributed by atoms with van der Waals surface area (Å²) in [6, 6.07) is 10.3. The maximum atomic E-state index is 12.3. The van der Waals surface area contributed by atoms with E-state index in [-0.39, 0.29) is 28.4 Å². The summed E-state index contributed by atoms with van der Waals surface area (Å²) in [7, 11) is 1.30. The molecule has 9 nitrogen and oxygen atoms in total. The van der Waals surface area contributed by atoms with E-state index in [1.165, 1.54) is 25.3 Å². The molecule has 3 N–H and O–H groups in total. The second kappa shape index (κ2) is 8.35. The largest absolute Gasteiger partial charge is 0.506 e. The van der Waals surface area contributed by atoms with Gasteiger partial charge in [0.1, 0.15) is 23.1 Å². The lowest BCUT2D eigenvalue weighted by Gasteiger charge is -2.10. The Hall–Kier alpha value is -4.06. The molecule has 0 aliphatic carbocycles. The number of phenolic OH excluding ortho intramolecular Hbond substituents is 1. The summed E-state index contributed by atoms with van der Waals surface area (Å²) in [5.41, 5.74) is 0.923. The Kier molecular flexibility index (Phi) is 5.96. The van der Waals surface area contributed by atoms with Crippen LogP contribution in [0.3, 0.4) is 0 Å². The molecule has 138 valence electrons. The predicted octanol–water partition coefficient (Wildman–Crippen LogP) is 3.08. The third kappa shape index (κ3) is 4.73. The van der Waals surface area contributed by atoms with Crippen molar-refractivity contribution in [1.29, 1.82) is 5.26 Å². The van der Waals surface area contributed by atoms with Crippen LogP contribution < -0.4 is 15.4 Å². The minimum Gasteiger partial charge on any atom is -0.506 e. The Balaban J connectivity index is 2.21. The number of ether oxygens (including phenoxy) is 1. The number of anilines is 2. The first-order chi connectivity index (χ1) is 12.8. The van der Waals surface area contributed by atoms with Crippen molar-refractivity contribution in [2.45, 2.75) is 6.92 Å². The van der Waals surface area contributed by atoms with Crippen molar-refractivity contribution in [1.82, 2.24) is 0 Å². The third-order valence-electron chi connectivity index (χ3n) is 3.53. The van der Waals surface area contributed by atoms with Crippen LogP contribution in [0.25, 0.3) is 0 Å². The summed E-state index contributed by atoms with van der Waals surface area (Å²) in [4.78, 5) is 22.5. The minimum atomic E-state index is -0.746. The number of amides is 1. The Morgan fingerprint density at radius 2 is 2.04 bits per heavy atom. The Labute approximate surface area is 154 Å². The van der Waals surface area contributed by atoms with Gasteiger partial charge in [-0.15, -0.1) is 0 Å². The fraction of sp³-hybridized carbons (Fsp3) is 0.111. The number of non-ortho nitro benzene ring substituents is 1. The van der Waals surface area contributed by atoms with Crippen molar-refractivity contribution in [3.8, 4) is 17.6 Å². The van der Waals surface area contributed by atoms with Gasteiger partial charge in [0, 0.05) is 12.3 Å². The molecule has 0 atom stereocenters. The first-order valence-electron chi connectivity index (χ1n) is 7.66. The van der Waals surface area contributed by atoms with E-state index in [1.807, 2.05) is 6.92 Å². The van der Waals surface area contributed by atoms with Crippen LogP contribution in [0, 0.1) is 28.4 Å². The van der Waals surface area contributed by atoms with Crippen LogP contribution in [-0.4, -0.2) is 23.0 Å². The van der Waals surface area contributed by atoms with Crippen molar-refractivity contribution in [3.63, 3.8) is 0 Å². The number of carbonyl (C=O) groups is 1. The highest BCUT2D eigenvalue weighted by atomic mass is 16.6. The van der Waals surface area contributed by atoms with E-state index in [9.17, 15) is 25.3 Å². The summed E-state index contributed by atoms with van der Waals surface area (Å²) in [5, 5.41) is 35.0. The standard InChI is InChI=1S/C18H16N4O5/c1-11-3-6-16(23)15(7-11)20-10-12(9-19)18(24)21-14-5-4-13(22(25)26)8-17(14)27-2/h3-8,10,20,23H,1-2H3,(H,21,24)/b12-10-. The lowest BCUT2D eigenvalue weighted by atomic mass is 10.2. The first-order valence-corrected chi connectivity index (χ1v) is 7.66. The fourth-order valence-electron chi connectivity index (χ4n) is 2.15. The number of hydrogen-bond acceptors (Lipinski definition) is 7. The maximum Gasteiger partial charge on any atom is 0.273 e. The number of rotatable bonds is 6. The molecule has 0 fully saturated rings. The van der Waals surface area contributed by atoms with Gasteiger partial charge in [-0.2, -0.15) is 5.26 Å². The molecule has 0 saturated carbocycles. The van der Waals surface area contributed by atoms with E-state index in [1.54, 1.807) is 18.2 Å². The van der Waals surface area contributed by atoms with Gasteiger partial charge in [-0.3, -0.25) is 14.9 Å². The molecule has 1 amide bonds. The smallest absolute Gasteiger partial charge is 0.273 e. The minimum absolute atomic E-state index is 0.0356. The highest BCUT2D eigenvalue weighted by Gasteiger charge is 2.16. The molecule has 0 aliphatic rings. The number of hydrogen-bond donors (Lipinski definition) is 3. The summed E-state index contributed by atoms with van der Waals surface area (Å²) >= 11 is 0. The monoisotopic (exact) mass is 368 g/mol. The molecule has 0 bridgehead atoms. The van der Waals surface area contributed by atoms with Crippen molar-refractivity contribution < 1.29 is 19.6 Å². The van der Waals surface area contributed by atoms with Crippen LogP contribution >= 0.6 is 0 Å². The van der Waals surface area contributed by atoms with Gasteiger partial charge in [0.25, 0.3) is 11.6 Å². The zero-order valence-corrected chi connectivity index (χ0v) is 14.5. The number of benzene rings is 2. The number of phenols is 1. The SMILES string of the molecule is COc1cc([N+](=O)[O-])ccc1NC(=O)/C(C#N)=C\Nc1cc(C)ccc1O. The van der Waals surface area contributed by atoms with Crippen LogP contribution in [0.1, 0.15) is 5.56 Å². The van der Waals surface area contributed by atoms with E-state index in [0.717, 1.165) is 17.8 Å². The maximum absolute atomic E-state index is 12.3. The van der Waals surface area contributed by atoms with Crippen molar-refractivity contribution in [2.75, 3.05) is 17.7 Å². The van der Waals surface area contributed by atoms with Gasteiger partial charge in [0.2, 0.25) is 0 Å². The van der Waals surface area contributed by atoms with E-state index in [4.69, 9.17) is 4.74 Å². The fourth-order valence-corrected chi connectivity index (χ4v) is 2.15. The van der Waals surface area contributed by atoms with Crippen LogP contribution in [-0.2, 0) is 4.79 Å². The van der Waals surface area contributed by atoms with E-state index in [0.29, 0.717) is 5.69 Å². The van der Waals surface area contributed by atoms with Crippen LogP contribution in [0.5, 0.6) is 11.5 Å². The molecule has 0 aromatic heterocycles. The molecule has 2 aromatic rings. The summed E-state index contributed by atoms with van der Waals surface area (Å²) < 4.78 is 5.04. The second-order valence-corrected chi connectivity index (χ2v) is 5.43. The number of aromatic hydroxyl groups is 1. The highest BCUT2D eigenvalue weighted by Crippen LogP contribution is 2.29. The molecule has 27 heavy (non-hydrogen) atoms. The lowest BCUT2D eigenvalue weighted by Crippen LogP contribution is -2.15. The number of methoxy groups -OCH3 is 1. The lowest BCUT2D eigenvalue weighted by molar-refractivity contribution is -0.384. The van der Waals surface area contributed by atoms with E-state index >= 15 is 0 Å². The van der Waals surface area contributed by atoms with Crippen LogP contribution in [0.2, 0.25) is 0 Å². The average molecular weight is 368 g/mol. The molecular formula is C18H16N4O5. The molecule has 2 aromatic carbocycles. The molecule has 0 spiro atoms. The van der Waals surface area contributed by atoms with Gasteiger partial charge in [-0.1, -0.05) is 6.07 Å². The van der Waals surface area contributed by atoms with Crippen LogP contribution in [0.15, 0.2) is 48.2 Å². The molecule has 9 heteroatoms. The molecular weight excluding hydrogens is 352 g/mol. The zero-order valence-electron chi connectivity index (χ0n) is 14.5. The number of nitrogens with zero attached hydrogens (tertiary/aromatic N) is 2. The predicted molar refractivity (Wildman–Crippen MR) is 98.4 cm³/mol. The number of nitriles is 1. The second-order valence-electron chi connectivity index (χ2n) is 5.43. The number of nitrogens with one attached hydrogen (secondary N) is 2. The highest BCUT2D eigenvalue weighted by molar-refractivity contribution is 6.07. The molecule has 0 saturated heterocycles. The Bertz CT molecular complexity index is 963. The number of aryl methyl sites for hydroxylation is 1. The van der Waals surface area contributed by atoms with Gasteiger partial charge in [0.05, 0.1) is 29.5 Å². The molecule has 0 radical (unpaired) electrons. The average Bonchev–Trinajstić information content (AvgIpc) is 2.65. The zero-order chi connectivity index (χ0) is 20.0. The number of nitro benzene ring substituents is 1. The van der Waals surface area contributed by atoms with Crippen LogP contribution in [0.4, 0.5) is 17.1 Å². The molecule has 0 heterocycles. The Morgan fingerprint density at radius 1 is 1.30 bits per heavy atom. The quantitative estimate of drug-likeness (QED) is 0.234. The Morgan fingerprint density at radius 3 is 2.67 bits per heavy atom. The molecule has 2 rings (SSSR count). The number of nitro groups is 1. The summed E-state index contributed by atoms with van der Waals surface area (Å²) in [6.07, 6.45) is 1.15. The van der Waals surface area contributed by atoms with Gasteiger partial charge in [-0.25, -0.2) is 0 Å². The molecule has 0 aliphatic heterocycles. The van der Waals surface area contributed by atoms with Crippen molar-refractivity contribution >= 4 is 23.0 Å². The van der Waals surface area contributed by atoms with Crippen molar-refractivity contribution in [3.05, 3.63) is 63.8 Å². The van der Waals surface area contributed by atoms with Gasteiger partial charge < -0.3 is 20.5 Å². The normalized spacial score (nSPS) is 10.6. The van der Waals surface area contributed by atoms with Gasteiger partial charge >= 0.3 is 0 Å². The third-order valence-corrected chi connectivity index (χ3v) is 3.53. The van der Waals surface area contributed by atoms with Gasteiger partial charge in [0.15, 0.2) is 0 Å². The molecule has 0 unspecified atom stereocenters.